The Morgan fingerprint density at radius 1 is 1.12 bits per heavy atom. The summed E-state index contributed by atoms with van der Waals surface area (Å²) in [7, 11) is 0. The number of hydrogen-bond donors (Lipinski definition) is 2. The molecule has 6 heteroatoms. The Kier molecular flexibility index (Phi) is 5.51. The lowest BCUT2D eigenvalue weighted by atomic mass is 9.90. The molecule has 0 radical (unpaired) electrons. The molecular weight excluding hydrogens is 335 g/mol. The van der Waals surface area contributed by atoms with Crippen molar-refractivity contribution in [2.24, 2.45) is 0 Å². The summed E-state index contributed by atoms with van der Waals surface area (Å²) in [4.78, 5) is 25.2. The highest BCUT2D eigenvalue weighted by Gasteiger charge is 2.24. The molecule has 2 aromatic rings. The van der Waals surface area contributed by atoms with Crippen LogP contribution in [0, 0.1) is 5.82 Å². The summed E-state index contributed by atoms with van der Waals surface area (Å²) in [5.74, 6) is -1.04. The van der Waals surface area contributed by atoms with Gasteiger partial charge < -0.3 is 15.3 Å². The lowest BCUT2D eigenvalue weighted by Crippen LogP contribution is -2.44. The van der Waals surface area contributed by atoms with E-state index in [2.05, 4.69) is 5.32 Å². The molecule has 136 valence electrons. The molecule has 0 spiro atoms. The SMILES string of the molecule is O=C(O)c1ccc(C2CCCN(C(=O)NCc3ccc(F)cc3)C2)cc1. The van der Waals surface area contributed by atoms with Gasteiger partial charge in [0.1, 0.15) is 5.82 Å². The number of urea groups is 1. The number of aromatic carboxylic acids is 1. The van der Waals surface area contributed by atoms with Crippen molar-refractivity contribution in [1.29, 1.82) is 0 Å². The Morgan fingerprint density at radius 2 is 1.81 bits per heavy atom. The number of nitrogens with zero attached hydrogens (tertiary/aromatic N) is 1. The number of halogens is 1. The molecule has 1 fully saturated rings. The van der Waals surface area contributed by atoms with Crippen molar-refractivity contribution >= 4 is 12.0 Å². The minimum absolute atomic E-state index is 0.138. The van der Waals surface area contributed by atoms with Gasteiger partial charge in [-0.15, -0.1) is 0 Å². The third kappa shape index (κ3) is 4.39. The van der Waals surface area contributed by atoms with Crippen molar-refractivity contribution in [3.8, 4) is 0 Å². The predicted molar refractivity (Wildman–Crippen MR) is 95.6 cm³/mol. The lowest BCUT2D eigenvalue weighted by molar-refractivity contribution is 0.0697. The number of piperidine rings is 1. The first-order valence-corrected chi connectivity index (χ1v) is 8.63. The van der Waals surface area contributed by atoms with E-state index < -0.39 is 5.97 Å². The van der Waals surface area contributed by atoms with Gasteiger partial charge in [0.25, 0.3) is 0 Å². The number of carboxylic acids is 1. The highest BCUT2D eigenvalue weighted by molar-refractivity contribution is 5.87. The van der Waals surface area contributed by atoms with Gasteiger partial charge in [-0.1, -0.05) is 24.3 Å². The summed E-state index contributed by atoms with van der Waals surface area (Å²) in [6, 6.07) is 12.8. The van der Waals surface area contributed by atoms with E-state index >= 15 is 0 Å². The van der Waals surface area contributed by atoms with E-state index in [9.17, 15) is 14.0 Å². The molecule has 1 heterocycles. The number of benzene rings is 2. The van der Waals surface area contributed by atoms with Crippen molar-refractivity contribution in [3.05, 3.63) is 71.0 Å². The molecule has 1 saturated heterocycles. The smallest absolute Gasteiger partial charge is 0.335 e. The molecule has 26 heavy (non-hydrogen) atoms. The topological polar surface area (TPSA) is 69.6 Å². The quantitative estimate of drug-likeness (QED) is 0.879. The van der Waals surface area contributed by atoms with Gasteiger partial charge >= 0.3 is 12.0 Å². The summed E-state index contributed by atoms with van der Waals surface area (Å²) < 4.78 is 12.9. The van der Waals surface area contributed by atoms with E-state index in [4.69, 9.17) is 5.11 Å². The van der Waals surface area contributed by atoms with Crippen LogP contribution in [-0.4, -0.2) is 35.1 Å². The summed E-state index contributed by atoms with van der Waals surface area (Å²) >= 11 is 0. The summed E-state index contributed by atoms with van der Waals surface area (Å²) in [6.07, 6.45) is 1.86. The van der Waals surface area contributed by atoms with Gasteiger partial charge in [0.2, 0.25) is 0 Å². The minimum Gasteiger partial charge on any atom is -0.478 e. The normalized spacial score (nSPS) is 17.0. The zero-order valence-corrected chi connectivity index (χ0v) is 14.3. The van der Waals surface area contributed by atoms with Crippen LogP contribution in [0.2, 0.25) is 0 Å². The number of carboxylic acid groups (broad SMARTS) is 1. The molecule has 3 rings (SSSR count). The number of amides is 2. The van der Waals surface area contributed by atoms with Crippen molar-refractivity contribution in [1.82, 2.24) is 10.2 Å². The van der Waals surface area contributed by atoms with Gasteiger partial charge in [-0.2, -0.15) is 0 Å². The zero-order valence-electron chi connectivity index (χ0n) is 14.3. The van der Waals surface area contributed by atoms with Crippen molar-refractivity contribution in [2.45, 2.75) is 25.3 Å². The fourth-order valence-corrected chi connectivity index (χ4v) is 3.22. The second-order valence-electron chi connectivity index (χ2n) is 6.50. The van der Waals surface area contributed by atoms with Crippen LogP contribution in [0.25, 0.3) is 0 Å². The predicted octanol–water partition coefficient (Wildman–Crippen LogP) is 3.61. The van der Waals surface area contributed by atoms with Crippen LogP contribution < -0.4 is 5.32 Å². The Labute approximate surface area is 151 Å². The zero-order chi connectivity index (χ0) is 18.5. The van der Waals surface area contributed by atoms with E-state index in [0.717, 1.165) is 24.0 Å². The van der Waals surface area contributed by atoms with E-state index in [1.165, 1.54) is 12.1 Å². The molecule has 1 aliphatic rings. The molecule has 5 nitrogen and oxygen atoms in total. The third-order valence-electron chi connectivity index (χ3n) is 4.69. The highest BCUT2D eigenvalue weighted by Crippen LogP contribution is 2.27. The number of carbonyl (C=O) groups excluding carboxylic acids is 1. The lowest BCUT2D eigenvalue weighted by Gasteiger charge is -2.33. The maximum absolute atomic E-state index is 12.9. The first-order valence-electron chi connectivity index (χ1n) is 8.63. The third-order valence-corrected chi connectivity index (χ3v) is 4.69. The molecule has 1 aliphatic heterocycles. The first-order chi connectivity index (χ1) is 12.5. The molecule has 0 bridgehead atoms. The van der Waals surface area contributed by atoms with Crippen LogP contribution in [0.1, 0.15) is 40.2 Å². The minimum atomic E-state index is -0.943. The summed E-state index contributed by atoms with van der Waals surface area (Å²) in [5.41, 5.74) is 2.15. The second kappa shape index (κ2) is 7.99. The fourth-order valence-electron chi connectivity index (χ4n) is 3.22. The van der Waals surface area contributed by atoms with E-state index in [-0.39, 0.29) is 23.3 Å². The van der Waals surface area contributed by atoms with Crippen LogP contribution in [0.15, 0.2) is 48.5 Å². The highest BCUT2D eigenvalue weighted by atomic mass is 19.1. The monoisotopic (exact) mass is 356 g/mol. The van der Waals surface area contributed by atoms with Gasteiger partial charge in [-0.3, -0.25) is 0 Å². The summed E-state index contributed by atoms with van der Waals surface area (Å²) in [6.45, 7) is 1.65. The van der Waals surface area contributed by atoms with Crippen LogP contribution in [0.3, 0.4) is 0 Å². The maximum Gasteiger partial charge on any atom is 0.335 e. The molecule has 0 saturated carbocycles. The second-order valence-corrected chi connectivity index (χ2v) is 6.50. The van der Waals surface area contributed by atoms with Gasteiger partial charge in [-0.25, -0.2) is 14.0 Å². The molecule has 1 unspecified atom stereocenters. The van der Waals surface area contributed by atoms with Gasteiger partial charge in [0, 0.05) is 25.6 Å². The van der Waals surface area contributed by atoms with Gasteiger partial charge in [-0.05, 0) is 48.2 Å². The molecule has 2 amide bonds. The van der Waals surface area contributed by atoms with Crippen LogP contribution >= 0.6 is 0 Å². The Morgan fingerprint density at radius 3 is 2.46 bits per heavy atom. The number of hydrogen-bond acceptors (Lipinski definition) is 2. The average molecular weight is 356 g/mol. The summed E-state index contributed by atoms with van der Waals surface area (Å²) in [5, 5.41) is 11.9. The van der Waals surface area contributed by atoms with Crippen molar-refractivity contribution in [2.75, 3.05) is 13.1 Å². The molecule has 1 atom stereocenters. The first kappa shape index (κ1) is 17.9. The molecular formula is C20H21FN2O3. The van der Waals surface area contributed by atoms with Gasteiger partial charge in [0.15, 0.2) is 0 Å². The number of likely N-dealkylation sites (tertiary alicyclic amines) is 1. The number of nitrogens with one attached hydrogen (secondary N) is 1. The molecule has 2 aromatic carbocycles. The number of carbonyl (C=O) groups is 2. The number of rotatable bonds is 4. The molecule has 0 aromatic heterocycles. The largest absolute Gasteiger partial charge is 0.478 e. The Bertz CT molecular complexity index is 775. The standard InChI is InChI=1S/C20H21FN2O3/c21-18-9-3-14(4-10-18)12-22-20(26)23-11-1-2-17(13-23)15-5-7-16(8-6-15)19(24)25/h3-10,17H,1-2,11-13H2,(H,22,26)(H,24,25). The fraction of sp³-hybridized carbons (Fsp3) is 0.300. The van der Waals surface area contributed by atoms with Gasteiger partial charge in [0.05, 0.1) is 5.56 Å². The Hall–Kier alpha value is -2.89. The van der Waals surface area contributed by atoms with E-state index in [0.29, 0.717) is 19.6 Å². The van der Waals surface area contributed by atoms with Crippen molar-refractivity contribution < 1.29 is 19.1 Å². The molecule has 2 N–H and O–H groups in total. The van der Waals surface area contributed by atoms with Crippen molar-refractivity contribution in [3.63, 3.8) is 0 Å². The molecule has 0 aliphatic carbocycles. The van der Waals surface area contributed by atoms with Crippen LogP contribution in [0.5, 0.6) is 0 Å². The average Bonchev–Trinajstić information content (AvgIpc) is 2.67. The Balaban J connectivity index is 1.57. The van der Waals surface area contributed by atoms with Crippen LogP contribution in [-0.2, 0) is 6.54 Å². The van der Waals surface area contributed by atoms with E-state index in [1.54, 1.807) is 29.2 Å². The van der Waals surface area contributed by atoms with E-state index in [1.807, 2.05) is 12.1 Å². The van der Waals surface area contributed by atoms with Crippen LogP contribution in [0.4, 0.5) is 9.18 Å². The maximum atomic E-state index is 12.9.